The molecular weight excluding hydrogens is 270 g/mol. The van der Waals surface area contributed by atoms with E-state index in [1.54, 1.807) is 0 Å². The van der Waals surface area contributed by atoms with Crippen molar-refractivity contribution in [2.24, 2.45) is 7.05 Å². The van der Waals surface area contributed by atoms with Gasteiger partial charge < -0.3 is 4.57 Å². The van der Waals surface area contributed by atoms with Crippen molar-refractivity contribution in [2.45, 2.75) is 37.6 Å². The molecule has 1 aromatic carbocycles. The highest BCUT2D eigenvalue weighted by atomic mass is 35.5. The number of nitrogens with zero attached hydrogens (tertiary/aromatic N) is 3. The van der Waals surface area contributed by atoms with Crippen LogP contribution in [0.1, 0.15) is 37.1 Å². The highest BCUT2D eigenvalue weighted by Crippen LogP contribution is 2.27. The minimum Gasteiger partial charge on any atom is -0.334 e. The number of benzene rings is 1. The minimum absolute atomic E-state index is 0.0435. The predicted octanol–water partition coefficient (Wildman–Crippen LogP) is 3.73. The van der Waals surface area contributed by atoms with Gasteiger partial charge in [-0.25, -0.2) is 4.98 Å². The van der Waals surface area contributed by atoms with Crippen molar-refractivity contribution in [2.75, 3.05) is 13.1 Å². The maximum absolute atomic E-state index is 6.64. The minimum atomic E-state index is 0.0435. The first-order valence-corrected chi connectivity index (χ1v) is 7.88. The third-order valence-electron chi connectivity index (χ3n) is 4.45. The number of halogens is 1. The number of aryl methyl sites for hydroxylation is 1. The highest BCUT2D eigenvalue weighted by molar-refractivity contribution is 6.21. The van der Waals surface area contributed by atoms with Crippen LogP contribution < -0.4 is 0 Å². The Kier molecular flexibility index (Phi) is 3.99. The zero-order valence-corrected chi connectivity index (χ0v) is 13.0. The van der Waals surface area contributed by atoms with Gasteiger partial charge >= 0.3 is 0 Å². The maximum Gasteiger partial charge on any atom is 0.0955 e. The van der Waals surface area contributed by atoms with E-state index in [1.807, 2.05) is 17.9 Å². The molecule has 2 unspecified atom stereocenters. The molecule has 4 heteroatoms. The van der Waals surface area contributed by atoms with Crippen molar-refractivity contribution in [3.05, 3.63) is 30.1 Å². The Labute approximate surface area is 125 Å². The summed E-state index contributed by atoms with van der Waals surface area (Å²) in [5.74, 6) is 0. The summed E-state index contributed by atoms with van der Waals surface area (Å²) < 4.78 is 2.04. The van der Waals surface area contributed by atoms with Crippen LogP contribution in [-0.4, -0.2) is 33.6 Å². The van der Waals surface area contributed by atoms with E-state index in [4.69, 9.17) is 11.6 Å². The molecular formula is C16H22ClN3. The number of hydrogen-bond donors (Lipinski definition) is 0. The second-order valence-electron chi connectivity index (χ2n) is 5.91. The van der Waals surface area contributed by atoms with E-state index in [2.05, 4.69) is 35.0 Å². The molecule has 0 amide bonds. The second-order valence-corrected chi connectivity index (χ2v) is 6.44. The van der Waals surface area contributed by atoms with Gasteiger partial charge in [0.05, 0.1) is 22.7 Å². The monoisotopic (exact) mass is 291 g/mol. The molecule has 2 atom stereocenters. The molecule has 1 aliphatic heterocycles. The lowest BCUT2D eigenvalue weighted by atomic mass is 10.0. The summed E-state index contributed by atoms with van der Waals surface area (Å²) >= 11 is 6.64. The van der Waals surface area contributed by atoms with Crippen LogP contribution in [0.25, 0.3) is 11.0 Å². The first-order chi connectivity index (χ1) is 9.65. The van der Waals surface area contributed by atoms with Gasteiger partial charge in [-0.2, -0.15) is 0 Å². The summed E-state index contributed by atoms with van der Waals surface area (Å²) in [7, 11) is 2.02. The normalized spacial score (nSPS) is 22.2. The third-order valence-corrected chi connectivity index (χ3v) is 4.84. The molecule has 3 rings (SSSR count). The molecule has 1 aromatic heterocycles. The average Bonchev–Trinajstić information content (AvgIpc) is 2.82. The van der Waals surface area contributed by atoms with Gasteiger partial charge in [-0.1, -0.05) is 12.5 Å². The molecule has 1 saturated heterocycles. The summed E-state index contributed by atoms with van der Waals surface area (Å²) in [5, 5.41) is 0.0435. The van der Waals surface area contributed by atoms with Crippen molar-refractivity contribution in [1.82, 2.24) is 14.5 Å². The number of piperidine rings is 1. The van der Waals surface area contributed by atoms with Crippen LogP contribution in [0.3, 0.4) is 0 Å². The smallest absolute Gasteiger partial charge is 0.0955 e. The Morgan fingerprint density at radius 3 is 3.05 bits per heavy atom. The Hall–Kier alpha value is -1.06. The van der Waals surface area contributed by atoms with Crippen molar-refractivity contribution >= 4 is 22.6 Å². The van der Waals surface area contributed by atoms with Gasteiger partial charge in [0.15, 0.2) is 0 Å². The number of hydrogen-bond acceptors (Lipinski definition) is 2. The molecule has 3 nitrogen and oxygen atoms in total. The van der Waals surface area contributed by atoms with Crippen LogP contribution in [0, 0.1) is 0 Å². The molecule has 0 radical (unpaired) electrons. The molecule has 2 aromatic rings. The van der Waals surface area contributed by atoms with Gasteiger partial charge in [0.1, 0.15) is 0 Å². The van der Waals surface area contributed by atoms with Gasteiger partial charge in [0.2, 0.25) is 0 Å². The Balaban J connectivity index is 1.76. The number of aromatic nitrogens is 2. The Morgan fingerprint density at radius 2 is 2.25 bits per heavy atom. The summed E-state index contributed by atoms with van der Waals surface area (Å²) in [5.41, 5.74) is 3.36. The van der Waals surface area contributed by atoms with Gasteiger partial charge in [0, 0.05) is 19.6 Å². The van der Waals surface area contributed by atoms with E-state index in [0.717, 1.165) is 17.6 Å². The van der Waals surface area contributed by atoms with E-state index in [9.17, 15) is 0 Å². The lowest BCUT2D eigenvalue weighted by Gasteiger charge is -2.34. The zero-order chi connectivity index (χ0) is 14.1. The quantitative estimate of drug-likeness (QED) is 0.804. The Morgan fingerprint density at radius 1 is 1.40 bits per heavy atom. The average molecular weight is 292 g/mol. The van der Waals surface area contributed by atoms with Crippen molar-refractivity contribution < 1.29 is 0 Å². The molecule has 0 saturated carbocycles. The highest BCUT2D eigenvalue weighted by Gasteiger charge is 2.21. The SMILES string of the molecule is CC1CCCCN1CC(Cl)c1ccc2c(c1)ncn2C. The van der Waals surface area contributed by atoms with Crippen LogP contribution in [0.15, 0.2) is 24.5 Å². The molecule has 0 N–H and O–H groups in total. The number of imidazole rings is 1. The fourth-order valence-electron chi connectivity index (χ4n) is 3.09. The molecule has 20 heavy (non-hydrogen) atoms. The van der Waals surface area contributed by atoms with E-state index in [0.29, 0.717) is 6.04 Å². The van der Waals surface area contributed by atoms with Crippen molar-refractivity contribution in [3.63, 3.8) is 0 Å². The molecule has 1 aliphatic rings. The van der Waals surface area contributed by atoms with Crippen molar-refractivity contribution in [3.8, 4) is 0 Å². The van der Waals surface area contributed by atoms with Gasteiger partial charge in [-0.3, -0.25) is 4.90 Å². The van der Waals surface area contributed by atoms with Crippen LogP contribution >= 0.6 is 11.6 Å². The van der Waals surface area contributed by atoms with Crippen molar-refractivity contribution in [1.29, 1.82) is 0 Å². The number of fused-ring (bicyclic) bond motifs is 1. The number of alkyl halides is 1. The lowest BCUT2D eigenvalue weighted by molar-refractivity contribution is 0.161. The molecule has 1 fully saturated rings. The summed E-state index contributed by atoms with van der Waals surface area (Å²) in [6, 6.07) is 7.04. The van der Waals surface area contributed by atoms with Gasteiger partial charge in [0.25, 0.3) is 0 Å². The van der Waals surface area contributed by atoms with Crippen LogP contribution in [0.4, 0.5) is 0 Å². The van der Waals surface area contributed by atoms with E-state index in [-0.39, 0.29) is 5.38 Å². The lowest BCUT2D eigenvalue weighted by Crippen LogP contribution is -2.39. The second kappa shape index (κ2) is 5.74. The molecule has 0 aliphatic carbocycles. The number of likely N-dealkylation sites (tertiary alicyclic amines) is 1. The number of rotatable bonds is 3. The summed E-state index contributed by atoms with van der Waals surface area (Å²) in [6.07, 6.45) is 5.80. The van der Waals surface area contributed by atoms with Crippen LogP contribution in [0.2, 0.25) is 0 Å². The molecule has 0 bridgehead atoms. The fraction of sp³-hybridized carbons (Fsp3) is 0.562. The fourth-order valence-corrected chi connectivity index (χ4v) is 3.40. The van der Waals surface area contributed by atoms with Gasteiger partial charge in [-0.05, 0) is 44.0 Å². The molecule has 0 spiro atoms. The predicted molar refractivity (Wildman–Crippen MR) is 84.2 cm³/mol. The van der Waals surface area contributed by atoms with E-state index >= 15 is 0 Å². The van der Waals surface area contributed by atoms with Crippen LogP contribution in [-0.2, 0) is 7.05 Å². The molecule has 2 heterocycles. The molecule has 108 valence electrons. The third kappa shape index (κ3) is 2.70. The maximum atomic E-state index is 6.64. The Bertz CT molecular complexity index is 592. The standard InChI is InChI=1S/C16H22ClN3/c1-12-5-3-4-8-20(12)10-14(17)13-6-7-16-15(9-13)18-11-19(16)2/h6-7,9,11-12,14H,3-5,8,10H2,1-2H3. The topological polar surface area (TPSA) is 21.1 Å². The largest absolute Gasteiger partial charge is 0.334 e. The summed E-state index contributed by atoms with van der Waals surface area (Å²) in [6.45, 7) is 4.42. The first-order valence-electron chi connectivity index (χ1n) is 7.44. The zero-order valence-electron chi connectivity index (χ0n) is 12.2. The first kappa shape index (κ1) is 13.9. The van der Waals surface area contributed by atoms with Gasteiger partial charge in [-0.15, -0.1) is 11.6 Å². The van der Waals surface area contributed by atoms with E-state index < -0.39 is 0 Å². The summed E-state index contributed by atoms with van der Waals surface area (Å²) in [4.78, 5) is 6.93. The van der Waals surface area contributed by atoms with Crippen LogP contribution in [0.5, 0.6) is 0 Å². The van der Waals surface area contributed by atoms with E-state index in [1.165, 1.54) is 31.4 Å².